The minimum Gasteiger partial charge on any atom is -0.455 e. The molecular weight excluding hydrogens is 358 g/mol. The van der Waals surface area contributed by atoms with Gasteiger partial charge in [-0.3, -0.25) is 9.59 Å². The van der Waals surface area contributed by atoms with Crippen molar-refractivity contribution in [3.8, 4) is 5.69 Å². The Bertz CT molecular complexity index is 837. The molecule has 1 amide bonds. The maximum atomic E-state index is 12.3. The number of carbonyl (C=O) groups is 2. The van der Waals surface area contributed by atoms with Crippen molar-refractivity contribution in [2.75, 3.05) is 19.7 Å². The van der Waals surface area contributed by atoms with E-state index in [4.69, 9.17) is 9.47 Å². The van der Waals surface area contributed by atoms with Gasteiger partial charge in [0.1, 0.15) is 0 Å². The highest BCUT2D eigenvalue weighted by Crippen LogP contribution is 2.19. The highest BCUT2D eigenvalue weighted by atomic mass is 16.5. The van der Waals surface area contributed by atoms with Gasteiger partial charge in [0, 0.05) is 24.3 Å². The van der Waals surface area contributed by atoms with Gasteiger partial charge in [-0.25, -0.2) is 4.68 Å². The number of amides is 1. The van der Waals surface area contributed by atoms with Crippen LogP contribution in [0.5, 0.6) is 0 Å². The Kier molecular flexibility index (Phi) is 6.14. The van der Waals surface area contributed by atoms with Crippen molar-refractivity contribution in [3.05, 3.63) is 47.3 Å². The summed E-state index contributed by atoms with van der Waals surface area (Å²) in [5, 5.41) is 4.54. The summed E-state index contributed by atoms with van der Waals surface area (Å²) in [4.78, 5) is 26.4. The smallest absolute Gasteiger partial charge is 0.310 e. The average molecular weight is 385 g/mol. The van der Waals surface area contributed by atoms with E-state index in [1.54, 1.807) is 4.90 Å². The summed E-state index contributed by atoms with van der Waals surface area (Å²) in [6, 6.07) is 9.76. The Morgan fingerprint density at radius 2 is 1.79 bits per heavy atom. The van der Waals surface area contributed by atoms with Crippen LogP contribution in [0.3, 0.4) is 0 Å². The number of ether oxygens (including phenoxy) is 2. The molecule has 1 aromatic carbocycles. The number of rotatable bonds is 5. The highest BCUT2D eigenvalue weighted by molar-refractivity contribution is 5.81. The van der Waals surface area contributed by atoms with E-state index in [-0.39, 0.29) is 31.1 Å². The maximum Gasteiger partial charge on any atom is 0.310 e. The van der Waals surface area contributed by atoms with Gasteiger partial charge >= 0.3 is 5.97 Å². The quantitative estimate of drug-likeness (QED) is 0.738. The van der Waals surface area contributed by atoms with Crippen LogP contribution < -0.4 is 0 Å². The number of aryl methyl sites for hydroxylation is 1. The average Bonchev–Trinajstić information content (AvgIpc) is 2.94. The molecule has 1 aliphatic rings. The zero-order valence-electron chi connectivity index (χ0n) is 16.8. The van der Waals surface area contributed by atoms with E-state index in [9.17, 15) is 9.59 Å². The number of aromatic nitrogens is 2. The number of benzene rings is 1. The molecule has 2 aromatic rings. The highest BCUT2D eigenvalue weighted by Gasteiger charge is 2.26. The zero-order valence-corrected chi connectivity index (χ0v) is 16.8. The van der Waals surface area contributed by atoms with E-state index in [1.165, 1.54) is 0 Å². The molecule has 7 nitrogen and oxygen atoms in total. The zero-order chi connectivity index (χ0) is 20.3. The van der Waals surface area contributed by atoms with Gasteiger partial charge in [-0.1, -0.05) is 18.2 Å². The topological polar surface area (TPSA) is 73.7 Å². The molecule has 3 rings (SSSR count). The number of esters is 1. The minimum atomic E-state index is -0.429. The standard InChI is InChI=1S/C21H27N3O4/c1-14-11-23(12-15(2)28-14)20(25)13-27-21(26)10-19-16(3)22-24(17(19)4)18-8-6-5-7-9-18/h5-9,14-15H,10-13H2,1-4H3/t14-,15-/m1/s1. The molecule has 0 N–H and O–H groups in total. The van der Waals surface area contributed by atoms with Gasteiger partial charge in [0.25, 0.3) is 5.91 Å². The summed E-state index contributed by atoms with van der Waals surface area (Å²) >= 11 is 0. The molecule has 2 atom stereocenters. The van der Waals surface area contributed by atoms with Crippen LogP contribution in [0, 0.1) is 13.8 Å². The van der Waals surface area contributed by atoms with Crippen LogP contribution in [0.25, 0.3) is 5.69 Å². The molecule has 1 fully saturated rings. The fourth-order valence-corrected chi connectivity index (χ4v) is 3.56. The summed E-state index contributed by atoms with van der Waals surface area (Å²) < 4.78 is 12.7. The number of morpholine rings is 1. The third kappa shape index (κ3) is 4.59. The lowest BCUT2D eigenvalue weighted by Crippen LogP contribution is -2.49. The van der Waals surface area contributed by atoms with Gasteiger partial charge in [-0.15, -0.1) is 0 Å². The fourth-order valence-electron chi connectivity index (χ4n) is 3.56. The molecule has 0 aliphatic carbocycles. The van der Waals surface area contributed by atoms with Gasteiger partial charge in [0.15, 0.2) is 6.61 Å². The Hall–Kier alpha value is -2.67. The normalized spacial score (nSPS) is 19.5. The van der Waals surface area contributed by atoms with Crippen LogP contribution in [0.2, 0.25) is 0 Å². The predicted molar refractivity (Wildman–Crippen MR) is 104 cm³/mol. The first-order valence-electron chi connectivity index (χ1n) is 9.54. The Labute approximate surface area is 165 Å². The number of hydrogen-bond acceptors (Lipinski definition) is 5. The first-order chi connectivity index (χ1) is 13.3. The molecule has 0 radical (unpaired) electrons. The van der Waals surface area contributed by atoms with Crippen molar-refractivity contribution in [1.29, 1.82) is 0 Å². The predicted octanol–water partition coefficient (Wildman–Crippen LogP) is 2.21. The van der Waals surface area contributed by atoms with Crippen LogP contribution in [0.4, 0.5) is 0 Å². The van der Waals surface area contributed by atoms with E-state index in [1.807, 2.05) is 62.7 Å². The lowest BCUT2D eigenvalue weighted by atomic mass is 10.1. The van der Waals surface area contributed by atoms with Crippen LogP contribution in [0.1, 0.15) is 30.8 Å². The second-order valence-electron chi connectivity index (χ2n) is 7.29. The Balaban J connectivity index is 1.59. The van der Waals surface area contributed by atoms with E-state index in [0.29, 0.717) is 13.1 Å². The number of para-hydroxylation sites is 1. The van der Waals surface area contributed by atoms with Crippen LogP contribution >= 0.6 is 0 Å². The molecule has 1 aliphatic heterocycles. The van der Waals surface area contributed by atoms with Crippen molar-refractivity contribution in [1.82, 2.24) is 14.7 Å². The van der Waals surface area contributed by atoms with Gasteiger partial charge in [-0.05, 0) is 39.8 Å². The second-order valence-corrected chi connectivity index (χ2v) is 7.29. The number of hydrogen-bond donors (Lipinski definition) is 0. The van der Waals surface area contributed by atoms with E-state index >= 15 is 0 Å². The molecule has 0 saturated carbocycles. The van der Waals surface area contributed by atoms with E-state index in [2.05, 4.69) is 5.10 Å². The maximum absolute atomic E-state index is 12.3. The Morgan fingerprint density at radius 3 is 2.43 bits per heavy atom. The van der Waals surface area contributed by atoms with Crippen LogP contribution in [-0.4, -0.2) is 58.5 Å². The van der Waals surface area contributed by atoms with Crippen molar-refractivity contribution in [2.45, 2.75) is 46.3 Å². The SMILES string of the molecule is Cc1nn(-c2ccccc2)c(C)c1CC(=O)OCC(=O)N1C[C@@H](C)O[C@H](C)C1. The van der Waals surface area contributed by atoms with Crippen molar-refractivity contribution < 1.29 is 19.1 Å². The number of nitrogens with zero attached hydrogens (tertiary/aromatic N) is 3. The van der Waals surface area contributed by atoms with Crippen molar-refractivity contribution in [2.24, 2.45) is 0 Å². The van der Waals surface area contributed by atoms with Crippen molar-refractivity contribution in [3.63, 3.8) is 0 Å². The van der Waals surface area contributed by atoms with Crippen LogP contribution in [-0.2, 0) is 25.5 Å². The van der Waals surface area contributed by atoms with Crippen LogP contribution in [0.15, 0.2) is 30.3 Å². The lowest BCUT2D eigenvalue weighted by molar-refractivity contribution is -0.156. The largest absolute Gasteiger partial charge is 0.455 e. The lowest BCUT2D eigenvalue weighted by Gasteiger charge is -2.35. The molecule has 150 valence electrons. The van der Waals surface area contributed by atoms with Gasteiger partial charge < -0.3 is 14.4 Å². The van der Waals surface area contributed by atoms with Crippen molar-refractivity contribution >= 4 is 11.9 Å². The summed E-state index contributed by atoms with van der Waals surface area (Å²) in [7, 11) is 0. The second kappa shape index (κ2) is 8.56. The van der Waals surface area contributed by atoms with Gasteiger partial charge in [0.2, 0.25) is 0 Å². The molecular formula is C21H27N3O4. The molecule has 1 saturated heterocycles. The minimum absolute atomic E-state index is 0.0162. The summed E-state index contributed by atoms with van der Waals surface area (Å²) in [5.41, 5.74) is 3.44. The third-order valence-corrected chi connectivity index (χ3v) is 4.89. The molecule has 1 aromatic heterocycles. The summed E-state index contributed by atoms with van der Waals surface area (Å²) in [6.07, 6.45) is 0.0586. The molecule has 28 heavy (non-hydrogen) atoms. The molecule has 7 heteroatoms. The third-order valence-electron chi connectivity index (χ3n) is 4.89. The molecule has 0 unspecified atom stereocenters. The Morgan fingerprint density at radius 1 is 1.14 bits per heavy atom. The molecule has 0 bridgehead atoms. The fraction of sp³-hybridized carbons (Fsp3) is 0.476. The van der Waals surface area contributed by atoms with E-state index in [0.717, 1.165) is 22.6 Å². The number of carbonyl (C=O) groups excluding carboxylic acids is 2. The van der Waals surface area contributed by atoms with Gasteiger partial charge in [-0.2, -0.15) is 5.10 Å². The molecule has 0 spiro atoms. The first kappa shape index (κ1) is 20.1. The first-order valence-corrected chi connectivity index (χ1v) is 9.54. The molecule has 2 heterocycles. The van der Waals surface area contributed by atoms with Gasteiger partial charge in [0.05, 0.1) is 30.0 Å². The summed E-state index contributed by atoms with van der Waals surface area (Å²) in [5.74, 6) is -0.620. The monoisotopic (exact) mass is 385 g/mol. The summed E-state index contributed by atoms with van der Waals surface area (Å²) in [6.45, 7) is 8.44. The van der Waals surface area contributed by atoms with E-state index < -0.39 is 5.97 Å².